The van der Waals surface area contributed by atoms with Crippen LogP contribution in [0.25, 0.3) is 11.0 Å². The molecule has 0 atom stereocenters. The normalized spacial score (nSPS) is 13.5. The van der Waals surface area contributed by atoms with Gasteiger partial charge >= 0.3 is 0 Å². The first kappa shape index (κ1) is 18.2. The Labute approximate surface area is 161 Å². The van der Waals surface area contributed by atoms with E-state index in [-0.39, 0.29) is 23.5 Å². The molecule has 0 radical (unpaired) electrons. The largest absolute Gasteiger partial charge is 0.355 e. The van der Waals surface area contributed by atoms with Crippen molar-refractivity contribution in [1.29, 1.82) is 0 Å². The highest BCUT2D eigenvalue weighted by Crippen LogP contribution is 2.28. The summed E-state index contributed by atoms with van der Waals surface area (Å²) in [5.41, 5.74) is 2.72. The first-order valence-electron chi connectivity index (χ1n) is 9.31. The van der Waals surface area contributed by atoms with Gasteiger partial charge < -0.3 is 15.2 Å². The minimum absolute atomic E-state index is 0.129. The predicted octanol–water partition coefficient (Wildman–Crippen LogP) is 3.03. The van der Waals surface area contributed by atoms with Crippen molar-refractivity contribution in [3.8, 4) is 0 Å². The lowest BCUT2D eigenvalue weighted by Gasteiger charge is -2.06. The molecule has 7 heteroatoms. The number of carbonyl (C=O) groups is 2. The lowest BCUT2D eigenvalue weighted by molar-refractivity contribution is -0.122. The van der Waals surface area contributed by atoms with Crippen LogP contribution < -0.4 is 10.6 Å². The van der Waals surface area contributed by atoms with Gasteiger partial charge in [-0.2, -0.15) is 0 Å². The Bertz CT molecular complexity index is 1040. The molecule has 1 heterocycles. The molecule has 0 aliphatic heterocycles. The summed E-state index contributed by atoms with van der Waals surface area (Å²) in [6.45, 7) is 0.556. The highest BCUT2D eigenvalue weighted by Gasteiger charge is 2.29. The first-order chi connectivity index (χ1) is 13.5. The molecular formula is C21H21FN4O2. The molecule has 0 unspecified atom stereocenters. The summed E-state index contributed by atoms with van der Waals surface area (Å²) in [4.78, 5) is 28.7. The molecule has 1 aliphatic rings. The molecule has 1 aromatic heterocycles. The smallest absolute Gasteiger partial charge is 0.255 e. The van der Waals surface area contributed by atoms with Gasteiger partial charge in [0.1, 0.15) is 11.6 Å². The van der Waals surface area contributed by atoms with Gasteiger partial charge in [0.05, 0.1) is 11.0 Å². The average Bonchev–Trinajstić information content (AvgIpc) is 3.48. The highest BCUT2D eigenvalue weighted by atomic mass is 19.1. The van der Waals surface area contributed by atoms with Crippen LogP contribution in [0, 0.1) is 11.7 Å². The van der Waals surface area contributed by atoms with Crippen molar-refractivity contribution < 1.29 is 14.0 Å². The number of aryl methyl sites for hydroxylation is 1. The fraction of sp³-hybridized carbons (Fsp3) is 0.286. The molecule has 3 aromatic rings. The van der Waals surface area contributed by atoms with Crippen LogP contribution in [0.15, 0.2) is 42.5 Å². The molecule has 4 rings (SSSR count). The van der Waals surface area contributed by atoms with E-state index in [1.807, 2.05) is 29.8 Å². The molecule has 0 bridgehead atoms. The van der Waals surface area contributed by atoms with Crippen LogP contribution in [0.2, 0.25) is 0 Å². The number of carbonyl (C=O) groups excluding carboxylic acids is 2. The summed E-state index contributed by atoms with van der Waals surface area (Å²) in [6, 6.07) is 10.9. The van der Waals surface area contributed by atoms with Gasteiger partial charge in [0, 0.05) is 37.2 Å². The summed E-state index contributed by atoms with van der Waals surface area (Å²) in [7, 11) is 1.93. The quantitative estimate of drug-likeness (QED) is 0.690. The van der Waals surface area contributed by atoms with E-state index in [1.54, 1.807) is 0 Å². The Morgan fingerprint density at radius 2 is 1.93 bits per heavy atom. The van der Waals surface area contributed by atoms with Crippen LogP contribution in [-0.2, 0) is 18.3 Å². The van der Waals surface area contributed by atoms with Gasteiger partial charge in [-0.25, -0.2) is 9.37 Å². The topological polar surface area (TPSA) is 76.0 Å². The van der Waals surface area contributed by atoms with Crippen LogP contribution in [0.4, 0.5) is 10.1 Å². The Morgan fingerprint density at radius 1 is 1.18 bits per heavy atom. The molecule has 2 N–H and O–H groups in total. The zero-order valence-corrected chi connectivity index (χ0v) is 15.5. The van der Waals surface area contributed by atoms with Crippen molar-refractivity contribution >= 4 is 28.5 Å². The van der Waals surface area contributed by atoms with E-state index >= 15 is 0 Å². The van der Waals surface area contributed by atoms with Gasteiger partial charge in [-0.3, -0.25) is 9.59 Å². The predicted molar refractivity (Wildman–Crippen MR) is 105 cm³/mol. The van der Waals surface area contributed by atoms with Crippen LogP contribution in [0.3, 0.4) is 0 Å². The Kier molecular flexibility index (Phi) is 4.81. The van der Waals surface area contributed by atoms with E-state index in [1.165, 1.54) is 24.3 Å². The highest BCUT2D eigenvalue weighted by molar-refractivity contribution is 6.04. The van der Waals surface area contributed by atoms with Gasteiger partial charge in [-0.15, -0.1) is 0 Å². The molecule has 1 fully saturated rings. The molecule has 0 saturated heterocycles. The van der Waals surface area contributed by atoms with Crippen LogP contribution in [-0.4, -0.2) is 27.9 Å². The third-order valence-corrected chi connectivity index (χ3v) is 4.93. The van der Waals surface area contributed by atoms with Gasteiger partial charge in [0.25, 0.3) is 5.91 Å². The van der Waals surface area contributed by atoms with E-state index in [0.717, 1.165) is 29.7 Å². The maximum atomic E-state index is 13.0. The molecule has 0 spiro atoms. The second-order valence-electron chi connectivity index (χ2n) is 7.07. The Hall–Kier alpha value is -3.22. The third kappa shape index (κ3) is 3.88. The number of imidazole rings is 1. The number of hydrogen-bond acceptors (Lipinski definition) is 3. The summed E-state index contributed by atoms with van der Waals surface area (Å²) in [6.07, 6.45) is 2.62. The summed E-state index contributed by atoms with van der Waals surface area (Å²) in [5.74, 6) is 0.510. The number of hydrogen-bond donors (Lipinski definition) is 2. The first-order valence-corrected chi connectivity index (χ1v) is 9.31. The number of fused-ring (bicyclic) bond motifs is 1. The number of aromatic nitrogens is 2. The van der Waals surface area contributed by atoms with E-state index in [9.17, 15) is 14.0 Å². The summed E-state index contributed by atoms with van der Waals surface area (Å²) < 4.78 is 15.0. The molecule has 1 aliphatic carbocycles. The molecule has 6 nitrogen and oxygen atoms in total. The molecule has 28 heavy (non-hydrogen) atoms. The minimum Gasteiger partial charge on any atom is -0.355 e. The molecule has 2 amide bonds. The van der Waals surface area contributed by atoms with Crippen LogP contribution in [0.5, 0.6) is 0 Å². The van der Waals surface area contributed by atoms with Gasteiger partial charge in [0.2, 0.25) is 5.91 Å². The molecule has 144 valence electrons. The maximum Gasteiger partial charge on any atom is 0.255 e. The van der Waals surface area contributed by atoms with E-state index < -0.39 is 0 Å². The standard InChI is InChI=1S/C21H21FN4O2/c1-26-18-9-8-16(24-21(28)14-4-6-15(22)7-5-14)12-17(18)25-19(26)10-11-23-20(27)13-2-3-13/h4-9,12-13H,2-3,10-11H2,1H3,(H,23,27)(H,24,28). The van der Waals surface area contributed by atoms with Crippen molar-refractivity contribution in [2.24, 2.45) is 13.0 Å². The third-order valence-electron chi connectivity index (χ3n) is 4.93. The lowest BCUT2D eigenvalue weighted by Crippen LogP contribution is -2.27. The van der Waals surface area contributed by atoms with Crippen molar-refractivity contribution in [2.45, 2.75) is 19.3 Å². The zero-order valence-electron chi connectivity index (χ0n) is 15.5. The SMILES string of the molecule is Cn1c(CCNC(=O)C2CC2)nc2cc(NC(=O)c3ccc(F)cc3)ccc21. The second kappa shape index (κ2) is 7.42. The number of rotatable bonds is 6. The van der Waals surface area contributed by atoms with E-state index in [2.05, 4.69) is 15.6 Å². The van der Waals surface area contributed by atoms with E-state index in [0.29, 0.717) is 24.2 Å². The molecular weight excluding hydrogens is 359 g/mol. The number of nitrogens with zero attached hydrogens (tertiary/aromatic N) is 2. The van der Waals surface area contributed by atoms with Crippen molar-refractivity contribution in [2.75, 3.05) is 11.9 Å². The number of anilines is 1. The monoisotopic (exact) mass is 380 g/mol. The van der Waals surface area contributed by atoms with Crippen molar-refractivity contribution in [3.63, 3.8) is 0 Å². The van der Waals surface area contributed by atoms with Crippen molar-refractivity contribution in [1.82, 2.24) is 14.9 Å². The fourth-order valence-corrected chi connectivity index (χ4v) is 3.14. The zero-order chi connectivity index (χ0) is 19.7. The fourth-order valence-electron chi connectivity index (χ4n) is 3.14. The summed E-state index contributed by atoms with van der Waals surface area (Å²) in [5, 5.41) is 5.76. The Balaban J connectivity index is 1.45. The van der Waals surface area contributed by atoms with Gasteiger partial charge in [-0.1, -0.05) is 0 Å². The Morgan fingerprint density at radius 3 is 2.64 bits per heavy atom. The minimum atomic E-state index is -0.382. The number of halogens is 1. The second-order valence-corrected chi connectivity index (χ2v) is 7.07. The average molecular weight is 380 g/mol. The summed E-state index contributed by atoms with van der Waals surface area (Å²) >= 11 is 0. The van der Waals surface area contributed by atoms with Crippen LogP contribution in [0.1, 0.15) is 29.0 Å². The lowest BCUT2D eigenvalue weighted by atomic mass is 10.2. The number of benzene rings is 2. The molecule has 1 saturated carbocycles. The number of nitrogens with one attached hydrogen (secondary N) is 2. The number of amides is 2. The molecule has 2 aromatic carbocycles. The van der Waals surface area contributed by atoms with Gasteiger partial charge in [-0.05, 0) is 55.3 Å². The van der Waals surface area contributed by atoms with Crippen LogP contribution >= 0.6 is 0 Å². The maximum absolute atomic E-state index is 13.0. The van der Waals surface area contributed by atoms with Crippen molar-refractivity contribution in [3.05, 3.63) is 59.7 Å². The van der Waals surface area contributed by atoms with Gasteiger partial charge in [0.15, 0.2) is 0 Å². The van der Waals surface area contributed by atoms with E-state index in [4.69, 9.17) is 0 Å².